The fraction of sp³-hybridized carbons (Fsp3) is 0.111. The number of hydrogen-bond donors (Lipinski definition) is 1. The van der Waals surface area contributed by atoms with E-state index in [2.05, 4.69) is 10.1 Å². The van der Waals surface area contributed by atoms with Crippen molar-refractivity contribution < 1.29 is 9.47 Å². The minimum Gasteiger partial charge on any atom is -0.496 e. The van der Waals surface area contributed by atoms with Gasteiger partial charge in [-0.25, -0.2) is 0 Å². The van der Waals surface area contributed by atoms with Gasteiger partial charge in [-0.05, 0) is 35.9 Å². The largest absolute Gasteiger partial charge is 0.496 e. The molecule has 0 spiro atoms. The van der Waals surface area contributed by atoms with E-state index in [4.69, 9.17) is 15.3 Å². The van der Waals surface area contributed by atoms with Crippen LogP contribution in [0.2, 0.25) is 0 Å². The van der Waals surface area contributed by atoms with Crippen molar-refractivity contribution in [1.29, 1.82) is 0 Å². The minimum absolute atomic E-state index is 0.366. The summed E-state index contributed by atoms with van der Waals surface area (Å²) in [6.07, 6.45) is 3.34. The van der Waals surface area contributed by atoms with Crippen LogP contribution in [-0.2, 0) is 6.61 Å². The maximum Gasteiger partial charge on any atom is 0.146 e. The molecule has 1 aromatic heterocycles. The first-order valence-electron chi connectivity index (χ1n) is 7.18. The van der Waals surface area contributed by atoms with Gasteiger partial charge in [-0.3, -0.25) is 4.98 Å². The third-order valence-electron chi connectivity index (χ3n) is 3.51. The summed E-state index contributed by atoms with van der Waals surface area (Å²) in [4.78, 5) is 4.39. The lowest BCUT2D eigenvalue weighted by atomic mass is 10.1. The number of pyridine rings is 1. The molecule has 0 bridgehead atoms. The Labute approximate surface area is 134 Å². The topological polar surface area (TPSA) is 69.7 Å². The molecule has 0 atom stereocenters. The molecule has 0 aliphatic heterocycles. The Balaban J connectivity index is 1.88. The SMILES string of the molecule is COc1ccc(C=NN)cc1COc1cccc2cccnc12. The molecule has 5 heteroatoms. The van der Waals surface area contributed by atoms with E-state index < -0.39 is 0 Å². The highest BCUT2D eigenvalue weighted by molar-refractivity contribution is 5.84. The number of para-hydroxylation sites is 1. The van der Waals surface area contributed by atoms with Crippen molar-refractivity contribution in [2.75, 3.05) is 7.11 Å². The number of nitrogens with two attached hydrogens (primary N) is 1. The van der Waals surface area contributed by atoms with Gasteiger partial charge in [0.15, 0.2) is 0 Å². The number of methoxy groups -OCH3 is 1. The predicted octanol–water partition coefficient (Wildman–Crippen LogP) is 3.12. The second kappa shape index (κ2) is 6.79. The van der Waals surface area contributed by atoms with Crippen LogP contribution in [-0.4, -0.2) is 18.3 Å². The first-order chi connectivity index (χ1) is 11.3. The van der Waals surface area contributed by atoms with Crippen LogP contribution in [0, 0.1) is 0 Å². The van der Waals surface area contributed by atoms with Crippen LogP contribution in [0.15, 0.2) is 59.8 Å². The van der Waals surface area contributed by atoms with Gasteiger partial charge >= 0.3 is 0 Å². The molecule has 5 nitrogen and oxygen atoms in total. The number of hydrazone groups is 1. The van der Waals surface area contributed by atoms with Gasteiger partial charge in [0.2, 0.25) is 0 Å². The molecular weight excluding hydrogens is 290 g/mol. The van der Waals surface area contributed by atoms with Crippen LogP contribution in [0.5, 0.6) is 11.5 Å². The van der Waals surface area contributed by atoms with Gasteiger partial charge in [0, 0.05) is 17.1 Å². The summed E-state index contributed by atoms with van der Waals surface area (Å²) < 4.78 is 11.3. The van der Waals surface area contributed by atoms with Gasteiger partial charge in [-0.15, -0.1) is 0 Å². The molecule has 3 rings (SSSR count). The fourth-order valence-electron chi connectivity index (χ4n) is 2.43. The lowest BCUT2D eigenvalue weighted by Gasteiger charge is -2.12. The van der Waals surface area contributed by atoms with Crippen molar-refractivity contribution in [1.82, 2.24) is 4.98 Å². The normalized spacial score (nSPS) is 11.0. The van der Waals surface area contributed by atoms with Crippen LogP contribution in [0.3, 0.4) is 0 Å². The first-order valence-corrected chi connectivity index (χ1v) is 7.18. The van der Waals surface area contributed by atoms with Crippen LogP contribution in [0.25, 0.3) is 10.9 Å². The van der Waals surface area contributed by atoms with E-state index in [0.717, 1.165) is 33.5 Å². The van der Waals surface area contributed by atoms with Gasteiger partial charge in [0.05, 0.1) is 13.3 Å². The van der Waals surface area contributed by atoms with Gasteiger partial charge in [0.1, 0.15) is 23.6 Å². The quantitative estimate of drug-likeness (QED) is 0.447. The lowest BCUT2D eigenvalue weighted by Crippen LogP contribution is -2.01. The molecule has 0 unspecified atom stereocenters. The summed E-state index contributed by atoms with van der Waals surface area (Å²) in [5.41, 5.74) is 2.65. The molecular formula is C18H17N3O2. The Kier molecular flexibility index (Phi) is 4.38. The smallest absolute Gasteiger partial charge is 0.146 e. The molecule has 116 valence electrons. The highest BCUT2D eigenvalue weighted by atomic mass is 16.5. The lowest BCUT2D eigenvalue weighted by molar-refractivity contribution is 0.299. The van der Waals surface area contributed by atoms with E-state index >= 15 is 0 Å². The number of ether oxygens (including phenoxy) is 2. The van der Waals surface area contributed by atoms with Crippen molar-refractivity contribution in [2.45, 2.75) is 6.61 Å². The molecule has 23 heavy (non-hydrogen) atoms. The van der Waals surface area contributed by atoms with Crippen molar-refractivity contribution in [2.24, 2.45) is 10.9 Å². The Bertz CT molecular complexity index is 841. The van der Waals surface area contributed by atoms with Crippen LogP contribution < -0.4 is 15.3 Å². The molecule has 1 heterocycles. The summed E-state index contributed by atoms with van der Waals surface area (Å²) in [5, 5.41) is 4.59. The predicted molar refractivity (Wildman–Crippen MR) is 90.9 cm³/mol. The number of nitrogens with zero attached hydrogens (tertiary/aromatic N) is 2. The monoisotopic (exact) mass is 307 g/mol. The van der Waals surface area contributed by atoms with Gasteiger partial charge in [-0.2, -0.15) is 5.10 Å². The Morgan fingerprint density at radius 1 is 1.13 bits per heavy atom. The number of rotatable bonds is 5. The Morgan fingerprint density at radius 2 is 2.00 bits per heavy atom. The second-order valence-electron chi connectivity index (χ2n) is 4.97. The van der Waals surface area contributed by atoms with E-state index in [1.165, 1.54) is 0 Å². The zero-order valence-electron chi connectivity index (χ0n) is 12.8. The third-order valence-corrected chi connectivity index (χ3v) is 3.51. The summed E-state index contributed by atoms with van der Waals surface area (Å²) in [6.45, 7) is 0.366. The standard InChI is InChI=1S/C18H17N3O2/c1-22-16-8-7-13(11-21-19)10-15(16)12-23-17-6-2-4-14-5-3-9-20-18(14)17/h2-11H,12,19H2,1H3. The molecule has 0 aliphatic carbocycles. The Morgan fingerprint density at radius 3 is 2.83 bits per heavy atom. The molecule has 2 aromatic carbocycles. The highest BCUT2D eigenvalue weighted by Crippen LogP contribution is 2.26. The molecule has 0 radical (unpaired) electrons. The first kappa shape index (κ1) is 14.8. The molecule has 3 aromatic rings. The zero-order valence-corrected chi connectivity index (χ0v) is 12.8. The number of aromatic nitrogens is 1. The Hall–Kier alpha value is -3.08. The number of fused-ring (bicyclic) bond motifs is 1. The van der Waals surface area contributed by atoms with Crippen molar-refractivity contribution in [3.05, 3.63) is 65.9 Å². The van der Waals surface area contributed by atoms with E-state index in [1.807, 2.05) is 48.5 Å². The second-order valence-corrected chi connectivity index (χ2v) is 4.97. The fourth-order valence-corrected chi connectivity index (χ4v) is 2.43. The van der Waals surface area contributed by atoms with Crippen molar-refractivity contribution >= 4 is 17.1 Å². The van der Waals surface area contributed by atoms with Crippen LogP contribution in [0.1, 0.15) is 11.1 Å². The van der Waals surface area contributed by atoms with Crippen LogP contribution >= 0.6 is 0 Å². The summed E-state index contributed by atoms with van der Waals surface area (Å²) in [6, 6.07) is 15.5. The number of hydrogen-bond acceptors (Lipinski definition) is 5. The molecule has 0 amide bonds. The molecule has 0 aliphatic rings. The summed E-state index contributed by atoms with van der Waals surface area (Å²) in [7, 11) is 1.63. The van der Waals surface area contributed by atoms with E-state index in [0.29, 0.717) is 6.61 Å². The average molecular weight is 307 g/mol. The molecule has 0 saturated carbocycles. The average Bonchev–Trinajstić information content (AvgIpc) is 2.60. The molecule has 0 saturated heterocycles. The maximum absolute atomic E-state index is 5.96. The van der Waals surface area contributed by atoms with Crippen LogP contribution in [0.4, 0.5) is 0 Å². The van der Waals surface area contributed by atoms with Gasteiger partial charge < -0.3 is 15.3 Å². The summed E-state index contributed by atoms with van der Waals surface area (Å²) >= 11 is 0. The maximum atomic E-state index is 5.96. The highest BCUT2D eigenvalue weighted by Gasteiger charge is 2.07. The van der Waals surface area contributed by atoms with E-state index in [1.54, 1.807) is 19.5 Å². The van der Waals surface area contributed by atoms with Crippen molar-refractivity contribution in [3.63, 3.8) is 0 Å². The van der Waals surface area contributed by atoms with Gasteiger partial charge in [0.25, 0.3) is 0 Å². The van der Waals surface area contributed by atoms with E-state index in [9.17, 15) is 0 Å². The number of benzene rings is 2. The summed E-state index contributed by atoms with van der Waals surface area (Å²) in [5.74, 6) is 6.70. The van der Waals surface area contributed by atoms with E-state index in [-0.39, 0.29) is 0 Å². The zero-order chi connectivity index (χ0) is 16.1. The molecule has 0 fully saturated rings. The third kappa shape index (κ3) is 3.23. The van der Waals surface area contributed by atoms with Crippen molar-refractivity contribution in [3.8, 4) is 11.5 Å². The minimum atomic E-state index is 0.366. The molecule has 2 N–H and O–H groups in total. The van der Waals surface area contributed by atoms with Gasteiger partial charge in [-0.1, -0.05) is 18.2 Å².